The number of rotatable bonds is 3. The van der Waals surface area contributed by atoms with Gasteiger partial charge in [-0.3, -0.25) is 9.48 Å². The van der Waals surface area contributed by atoms with E-state index in [1.807, 2.05) is 42.2 Å². The molecule has 0 aliphatic carbocycles. The lowest BCUT2D eigenvalue weighted by Gasteiger charge is -2.36. The number of aromatic nitrogens is 2. The number of nitrogens with zero attached hydrogens (tertiary/aromatic N) is 4. The summed E-state index contributed by atoms with van der Waals surface area (Å²) >= 11 is 5.92. The SMILES string of the molecule is Cc1ccnn1CC(=O)N1CCN(c2ccc(Cl)cc2)CC1. The number of piperazine rings is 1. The lowest BCUT2D eigenvalue weighted by atomic mass is 10.2. The summed E-state index contributed by atoms with van der Waals surface area (Å²) in [5.74, 6) is 0.127. The molecule has 0 saturated carbocycles. The van der Waals surface area contributed by atoms with Gasteiger partial charge in [-0.05, 0) is 37.3 Å². The van der Waals surface area contributed by atoms with Crippen molar-refractivity contribution in [3.63, 3.8) is 0 Å². The number of hydrogen-bond donors (Lipinski definition) is 0. The van der Waals surface area contributed by atoms with Crippen LogP contribution in [0.15, 0.2) is 36.5 Å². The van der Waals surface area contributed by atoms with Crippen molar-refractivity contribution in [2.45, 2.75) is 13.5 Å². The van der Waals surface area contributed by atoms with Crippen LogP contribution in [0.1, 0.15) is 5.69 Å². The van der Waals surface area contributed by atoms with E-state index in [9.17, 15) is 4.79 Å². The van der Waals surface area contributed by atoms with E-state index >= 15 is 0 Å². The number of hydrogen-bond acceptors (Lipinski definition) is 3. The molecule has 1 aliphatic heterocycles. The minimum atomic E-state index is 0.127. The first-order valence-electron chi connectivity index (χ1n) is 7.40. The molecule has 1 amide bonds. The Hall–Kier alpha value is -2.01. The predicted octanol–water partition coefficient (Wildman–Crippen LogP) is 2.19. The van der Waals surface area contributed by atoms with Gasteiger partial charge >= 0.3 is 0 Å². The number of halogens is 1. The summed E-state index contributed by atoms with van der Waals surface area (Å²) in [5.41, 5.74) is 2.16. The molecule has 116 valence electrons. The van der Waals surface area contributed by atoms with Gasteiger partial charge in [0.25, 0.3) is 0 Å². The molecule has 2 aromatic rings. The molecular weight excluding hydrogens is 300 g/mol. The van der Waals surface area contributed by atoms with Crippen LogP contribution >= 0.6 is 11.6 Å². The van der Waals surface area contributed by atoms with Crippen molar-refractivity contribution in [1.82, 2.24) is 14.7 Å². The third kappa shape index (κ3) is 3.25. The number of benzene rings is 1. The molecule has 0 radical (unpaired) electrons. The molecule has 1 aromatic heterocycles. The highest BCUT2D eigenvalue weighted by atomic mass is 35.5. The van der Waals surface area contributed by atoms with E-state index in [1.54, 1.807) is 10.9 Å². The second kappa shape index (κ2) is 6.40. The Morgan fingerprint density at radius 2 is 1.82 bits per heavy atom. The lowest BCUT2D eigenvalue weighted by molar-refractivity contribution is -0.132. The van der Waals surface area contributed by atoms with Gasteiger partial charge in [-0.1, -0.05) is 11.6 Å². The van der Waals surface area contributed by atoms with Crippen molar-refractivity contribution < 1.29 is 4.79 Å². The maximum Gasteiger partial charge on any atom is 0.244 e. The first-order valence-corrected chi connectivity index (χ1v) is 7.78. The van der Waals surface area contributed by atoms with Gasteiger partial charge in [0.2, 0.25) is 5.91 Å². The predicted molar refractivity (Wildman–Crippen MR) is 87.2 cm³/mol. The summed E-state index contributed by atoms with van der Waals surface area (Å²) in [6, 6.07) is 9.75. The molecule has 5 nitrogen and oxygen atoms in total. The highest BCUT2D eigenvalue weighted by Crippen LogP contribution is 2.19. The summed E-state index contributed by atoms with van der Waals surface area (Å²) in [6.45, 7) is 5.43. The van der Waals surface area contributed by atoms with Crippen molar-refractivity contribution in [3.8, 4) is 0 Å². The molecule has 1 aliphatic rings. The first-order chi connectivity index (χ1) is 10.6. The fourth-order valence-corrected chi connectivity index (χ4v) is 2.78. The Morgan fingerprint density at radius 1 is 1.14 bits per heavy atom. The third-order valence-electron chi connectivity index (χ3n) is 4.04. The topological polar surface area (TPSA) is 41.4 Å². The maximum atomic E-state index is 12.3. The molecule has 1 saturated heterocycles. The molecule has 3 rings (SSSR count). The van der Waals surface area contributed by atoms with Crippen LogP contribution in [0.2, 0.25) is 5.02 Å². The molecule has 0 bridgehead atoms. The summed E-state index contributed by atoms with van der Waals surface area (Å²) in [4.78, 5) is 16.5. The van der Waals surface area contributed by atoms with Crippen LogP contribution in [0.5, 0.6) is 0 Å². The molecule has 0 unspecified atom stereocenters. The lowest BCUT2D eigenvalue weighted by Crippen LogP contribution is -2.49. The van der Waals surface area contributed by atoms with Crippen molar-refractivity contribution in [2.24, 2.45) is 0 Å². The van der Waals surface area contributed by atoms with E-state index in [1.165, 1.54) is 0 Å². The average molecular weight is 319 g/mol. The molecule has 0 N–H and O–H groups in total. The Bertz CT molecular complexity index is 644. The van der Waals surface area contributed by atoms with Crippen LogP contribution in [0.25, 0.3) is 0 Å². The Morgan fingerprint density at radius 3 is 2.41 bits per heavy atom. The number of carbonyl (C=O) groups is 1. The molecule has 22 heavy (non-hydrogen) atoms. The minimum absolute atomic E-state index is 0.127. The standard InChI is InChI=1S/C16H19ClN4O/c1-13-6-7-18-21(13)12-16(22)20-10-8-19(9-11-20)15-4-2-14(17)3-5-15/h2-7H,8-12H2,1H3. The number of aryl methyl sites for hydroxylation is 1. The summed E-state index contributed by atoms with van der Waals surface area (Å²) in [6.07, 6.45) is 1.72. The molecule has 6 heteroatoms. The number of amides is 1. The number of anilines is 1. The third-order valence-corrected chi connectivity index (χ3v) is 4.29. The monoisotopic (exact) mass is 318 g/mol. The molecule has 1 fully saturated rings. The second-order valence-electron chi connectivity index (χ2n) is 5.47. The molecule has 0 spiro atoms. The fourth-order valence-electron chi connectivity index (χ4n) is 2.66. The van der Waals surface area contributed by atoms with Crippen LogP contribution in [0.3, 0.4) is 0 Å². The van der Waals surface area contributed by atoms with Gasteiger partial charge in [-0.15, -0.1) is 0 Å². The van der Waals surface area contributed by atoms with Crippen molar-refractivity contribution in [1.29, 1.82) is 0 Å². The number of carbonyl (C=O) groups excluding carboxylic acids is 1. The summed E-state index contributed by atoms with van der Waals surface area (Å²) < 4.78 is 1.74. The molecular formula is C16H19ClN4O. The van der Waals surface area contributed by atoms with Crippen LogP contribution in [-0.2, 0) is 11.3 Å². The van der Waals surface area contributed by atoms with E-state index in [-0.39, 0.29) is 5.91 Å². The normalized spacial score (nSPS) is 15.2. The van der Waals surface area contributed by atoms with E-state index in [2.05, 4.69) is 10.00 Å². The van der Waals surface area contributed by atoms with Crippen LogP contribution in [0, 0.1) is 6.92 Å². The van der Waals surface area contributed by atoms with Gasteiger partial charge < -0.3 is 9.80 Å². The highest BCUT2D eigenvalue weighted by Gasteiger charge is 2.21. The van der Waals surface area contributed by atoms with Crippen molar-refractivity contribution in [3.05, 3.63) is 47.2 Å². The zero-order valence-corrected chi connectivity index (χ0v) is 13.3. The smallest absolute Gasteiger partial charge is 0.244 e. The Labute approximate surface area is 135 Å². The van der Waals surface area contributed by atoms with E-state index in [0.717, 1.165) is 42.6 Å². The van der Waals surface area contributed by atoms with Gasteiger partial charge in [0.15, 0.2) is 0 Å². The minimum Gasteiger partial charge on any atom is -0.368 e. The zero-order valence-electron chi connectivity index (χ0n) is 12.6. The zero-order chi connectivity index (χ0) is 15.5. The van der Waals surface area contributed by atoms with Crippen LogP contribution < -0.4 is 4.90 Å². The van der Waals surface area contributed by atoms with Gasteiger partial charge in [0.1, 0.15) is 6.54 Å². The molecule has 0 atom stereocenters. The van der Waals surface area contributed by atoms with Gasteiger partial charge in [0, 0.05) is 48.8 Å². The van der Waals surface area contributed by atoms with E-state index in [4.69, 9.17) is 11.6 Å². The van der Waals surface area contributed by atoms with Crippen LogP contribution in [0.4, 0.5) is 5.69 Å². The Kier molecular flexibility index (Phi) is 4.34. The first kappa shape index (κ1) is 14.9. The largest absolute Gasteiger partial charge is 0.368 e. The summed E-state index contributed by atoms with van der Waals surface area (Å²) in [7, 11) is 0. The summed E-state index contributed by atoms with van der Waals surface area (Å²) in [5, 5.41) is 4.91. The average Bonchev–Trinajstić information content (AvgIpc) is 2.93. The second-order valence-corrected chi connectivity index (χ2v) is 5.91. The highest BCUT2D eigenvalue weighted by molar-refractivity contribution is 6.30. The maximum absolute atomic E-state index is 12.3. The van der Waals surface area contributed by atoms with E-state index < -0.39 is 0 Å². The Balaban J connectivity index is 1.56. The molecule has 1 aromatic carbocycles. The van der Waals surface area contributed by atoms with Gasteiger partial charge in [0.05, 0.1) is 0 Å². The van der Waals surface area contributed by atoms with Crippen LogP contribution in [-0.4, -0.2) is 46.8 Å². The van der Waals surface area contributed by atoms with Crippen molar-refractivity contribution >= 4 is 23.2 Å². The fraction of sp³-hybridized carbons (Fsp3) is 0.375. The molecule has 2 heterocycles. The van der Waals surface area contributed by atoms with Gasteiger partial charge in [-0.2, -0.15) is 5.10 Å². The quantitative estimate of drug-likeness (QED) is 0.871. The van der Waals surface area contributed by atoms with Crippen molar-refractivity contribution in [2.75, 3.05) is 31.1 Å². The van der Waals surface area contributed by atoms with E-state index in [0.29, 0.717) is 6.54 Å². The van der Waals surface area contributed by atoms with Gasteiger partial charge in [-0.25, -0.2) is 0 Å².